The number of hydrogen-bond donors (Lipinski definition) is 0. The smallest absolute Gasteiger partial charge is 0.305 e. The summed E-state index contributed by atoms with van der Waals surface area (Å²) < 4.78 is 10.3. The SMILES string of the molecule is CCCCCCCCOC(=O)CCCCC(=O)OCCC(C)C. The van der Waals surface area contributed by atoms with Crippen LogP contribution < -0.4 is 0 Å². The van der Waals surface area contributed by atoms with Gasteiger partial charge in [0, 0.05) is 12.8 Å². The maximum absolute atomic E-state index is 11.5. The first-order chi connectivity index (χ1) is 11.1. The Morgan fingerprint density at radius 3 is 1.83 bits per heavy atom. The van der Waals surface area contributed by atoms with Crippen molar-refractivity contribution in [1.29, 1.82) is 0 Å². The van der Waals surface area contributed by atoms with Gasteiger partial charge in [-0.25, -0.2) is 0 Å². The zero-order valence-electron chi connectivity index (χ0n) is 15.4. The van der Waals surface area contributed by atoms with Gasteiger partial charge in [-0.1, -0.05) is 52.9 Å². The Balaban J connectivity index is 3.34. The Hall–Kier alpha value is -1.06. The van der Waals surface area contributed by atoms with Crippen LogP contribution in [0.5, 0.6) is 0 Å². The summed E-state index contributed by atoms with van der Waals surface area (Å²) >= 11 is 0. The van der Waals surface area contributed by atoms with Gasteiger partial charge >= 0.3 is 11.9 Å². The van der Waals surface area contributed by atoms with E-state index < -0.39 is 0 Å². The zero-order chi connectivity index (χ0) is 17.3. The van der Waals surface area contributed by atoms with Crippen LogP contribution in [0.25, 0.3) is 0 Å². The molecule has 0 saturated heterocycles. The van der Waals surface area contributed by atoms with Crippen molar-refractivity contribution in [1.82, 2.24) is 0 Å². The fraction of sp³-hybridized carbons (Fsp3) is 0.895. The highest BCUT2D eigenvalue weighted by Gasteiger charge is 2.06. The Morgan fingerprint density at radius 2 is 1.26 bits per heavy atom. The normalized spacial score (nSPS) is 10.8. The van der Waals surface area contributed by atoms with Gasteiger partial charge in [-0.2, -0.15) is 0 Å². The molecule has 0 aromatic carbocycles. The van der Waals surface area contributed by atoms with E-state index in [2.05, 4.69) is 20.8 Å². The molecule has 0 atom stereocenters. The predicted molar refractivity (Wildman–Crippen MR) is 93.2 cm³/mol. The summed E-state index contributed by atoms with van der Waals surface area (Å²) in [6.07, 6.45) is 10.2. The lowest BCUT2D eigenvalue weighted by molar-refractivity contribution is -0.146. The molecule has 0 fully saturated rings. The standard InChI is InChI=1S/C19H36O4/c1-4-5-6-7-8-11-15-22-18(20)12-9-10-13-19(21)23-16-14-17(2)3/h17H,4-16H2,1-3H3. The minimum Gasteiger partial charge on any atom is -0.466 e. The van der Waals surface area contributed by atoms with Crippen molar-refractivity contribution in [2.75, 3.05) is 13.2 Å². The maximum Gasteiger partial charge on any atom is 0.305 e. The molecule has 0 radical (unpaired) electrons. The molecule has 0 unspecified atom stereocenters. The summed E-state index contributed by atoms with van der Waals surface area (Å²) in [5.74, 6) is 0.238. The quantitative estimate of drug-likeness (QED) is 0.312. The molecule has 0 aliphatic rings. The molecule has 0 aliphatic heterocycles. The molecule has 0 aliphatic carbocycles. The Labute approximate surface area is 142 Å². The van der Waals surface area contributed by atoms with Crippen LogP contribution in [-0.4, -0.2) is 25.2 Å². The summed E-state index contributed by atoms with van der Waals surface area (Å²) in [6.45, 7) is 7.43. The van der Waals surface area contributed by atoms with Crippen molar-refractivity contribution in [3.05, 3.63) is 0 Å². The van der Waals surface area contributed by atoms with Gasteiger partial charge in [0.15, 0.2) is 0 Å². The van der Waals surface area contributed by atoms with Crippen LogP contribution in [0.2, 0.25) is 0 Å². The average Bonchev–Trinajstić information content (AvgIpc) is 2.50. The summed E-state index contributed by atoms with van der Waals surface area (Å²) in [6, 6.07) is 0. The molecule has 0 aromatic heterocycles. The van der Waals surface area contributed by atoms with Gasteiger partial charge in [-0.05, 0) is 31.6 Å². The molecule has 0 rings (SSSR count). The number of ether oxygens (including phenoxy) is 2. The van der Waals surface area contributed by atoms with Crippen molar-refractivity contribution < 1.29 is 19.1 Å². The van der Waals surface area contributed by atoms with Gasteiger partial charge in [0.05, 0.1) is 13.2 Å². The molecule has 0 heterocycles. The summed E-state index contributed by atoms with van der Waals surface area (Å²) in [7, 11) is 0. The monoisotopic (exact) mass is 328 g/mol. The number of rotatable bonds is 15. The highest BCUT2D eigenvalue weighted by molar-refractivity contribution is 5.70. The predicted octanol–water partition coefficient (Wildman–Crippen LogP) is 5.04. The third-order valence-electron chi connectivity index (χ3n) is 3.73. The summed E-state index contributed by atoms with van der Waals surface area (Å²) in [4.78, 5) is 23.0. The van der Waals surface area contributed by atoms with E-state index in [9.17, 15) is 9.59 Å². The number of carbonyl (C=O) groups excluding carboxylic acids is 2. The first kappa shape index (κ1) is 21.9. The van der Waals surface area contributed by atoms with Crippen LogP contribution in [0.15, 0.2) is 0 Å². The first-order valence-corrected chi connectivity index (χ1v) is 9.37. The zero-order valence-corrected chi connectivity index (χ0v) is 15.4. The molecule has 0 bridgehead atoms. The van der Waals surface area contributed by atoms with E-state index in [0.29, 0.717) is 44.8 Å². The second-order valence-corrected chi connectivity index (χ2v) is 6.60. The largest absolute Gasteiger partial charge is 0.466 e. The minimum atomic E-state index is -0.161. The van der Waals surface area contributed by atoms with Crippen LogP contribution in [-0.2, 0) is 19.1 Å². The van der Waals surface area contributed by atoms with E-state index in [1.54, 1.807) is 0 Å². The van der Waals surface area contributed by atoms with Crippen molar-refractivity contribution >= 4 is 11.9 Å². The Bertz CT molecular complexity index is 300. The molecule has 23 heavy (non-hydrogen) atoms. The fourth-order valence-electron chi connectivity index (χ4n) is 2.16. The molecule has 0 amide bonds. The van der Waals surface area contributed by atoms with Crippen LogP contribution in [0.1, 0.15) is 91.4 Å². The highest BCUT2D eigenvalue weighted by Crippen LogP contribution is 2.07. The molecule has 4 heteroatoms. The van der Waals surface area contributed by atoms with E-state index >= 15 is 0 Å². The molecular weight excluding hydrogens is 292 g/mol. The van der Waals surface area contributed by atoms with Gasteiger partial charge < -0.3 is 9.47 Å². The molecule has 0 N–H and O–H groups in total. The van der Waals surface area contributed by atoms with Crippen LogP contribution >= 0.6 is 0 Å². The van der Waals surface area contributed by atoms with Crippen molar-refractivity contribution in [2.24, 2.45) is 5.92 Å². The third-order valence-corrected chi connectivity index (χ3v) is 3.73. The van der Waals surface area contributed by atoms with Gasteiger partial charge in [0.2, 0.25) is 0 Å². The average molecular weight is 328 g/mol. The molecule has 0 spiro atoms. The van der Waals surface area contributed by atoms with E-state index in [-0.39, 0.29) is 11.9 Å². The first-order valence-electron chi connectivity index (χ1n) is 9.37. The fourth-order valence-corrected chi connectivity index (χ4v) is 2.16. The number of hydrogen-bond acceptors (Lipinski definition) is 4. The topological polar surface area (TPSA) is 52.6 Å². The maximum atomic E-state index is 11.5. The molecule has 0 saturated carbocycles. The molecule has 0 aromatic rings. The number of unbranched alkanes of at least 4 members (excludes halogenated alkanes) is 6. The molecular formula is C19H36O4. The Morgan fingerprint density at radius 1 is 0.739 bits per heavy atom. The highest BCUT2D eigenvalue weighted by atomic mass is 16.5. The third kappa shape index (κ3) is 17.1. The van der Waals surface area contributed by atoms with Crippen molar-refractivity contribution in [3.63, 3.8) is 0 Å². The number of esters is 2. The van der Waals surface area contributed by atoms with Gasteiger partial charge in [0.25, 0.3) is 0 Å². The molecule has 136 valence electrons. The number of carbonyl (C=O) groups is 2. The van der Waals surface area contributed by atoms with Gasteiger partial charge in [0.1, 0.15) is 0 Å². The van der Waals surface area contributed by atoms with Crippen molar-refractivity contribution in [3.8, 4) is 0 Å². The van der Waals surface area contributed by atoms with Crippen LogP contribution in [0, 0.1) is 5.92 Å². The second-order valence-electron chi connectivity index (χ2n) is 6.60. The van der Waals surface area contributed by atoms with E-state index in [4.69, 9.17) is 9.47 Å². The van der Waals surface area contributed by atoms with Crippen LogP contribution in [0.3, 0.4) is 0 Å². The van der Waals surface area contributed by atoms with Gasteiger partial charge in [-0.3, -0.25) is 9.59 Å². The van der Waals surface area contributed by atoms with E-state index in [0.717, 1.165) is 19.3 Å². The van der Waals surface area contributed by atoms with Crippen LogP contribution in [0.4, 0.5) is 0 Å². The lowest BCUT2D eigenvalue weighted by Gasteiger charge is -2.07. The summed E-state index contributed by atoms with van der Waals surface area (Å²) in [5.41, 5.74) is 0. The lowest BCUT2D eigenvalue weighted by Crippen LogP contribution is -2.08. The second kappa shape index (κ2) is 15.8. The minimum absolute atomic E-state index is 0.147. The van der Waals surface area contributed by atoms with E-state index in [1.165, 1.54) is 25.7 Å². The summed E-state index contributed by atoms with van der Waals surface area (Å²) in [5, 5.41) is 0. The van der Waals surface area contributed by atoms with E-state index in [1.807, 2.05) is 0 Å². The molecule has 4 nitrogen and oxygen atoms in total. The van der Waals surface area contributed by atoms with Gasteiger partial charge in [-0.15, -0.1) is 0 Å². The Kier molecular flexibility index (Phi) is 15.1. The lowest BCUT2D eigenvalue weighted by atomic mass is 10.1. The van der Waals surface area contributed by atoms with Crippen molar-refractivity contribution in [2.45, 2.75) is 91.4 Å².